The highest BCUT2D eigenvalue weighted by molar-refractivity contribution is 6.31. The number of amides is 1. The molecule has 1 aliphatic rings. The summed E-state index contributed by atoms with van der Waals surface area (Å²) in [5.74, 6) is -0.701. The molecular weight excluding hydrogens is 333 g/mol. The number of ketones is 1. The van der Waals surface area contributed by atoms with E-state index in [2.05, 4.69) is 0 Å². The standard InChI is InChI=1S/C18H23ClFNO3/c1-11(22)13-10-16(20)15(19)9-14(13)12-5-7-21(8-6-12)17(23)24-18(2,3)4/h9-10,12H,5-8H2,1-4H3. The van der Waals surface area contributed by atoms with E-state index >= 15 is 0 Å². The Labute approximate surface area is 146 Å². The van der Waals surface area contributed by atoms with Crippen LogP contribution in [0.2, 0.25) is 5.02 Å². The normalized spacial score (nSPS) is 16.2. The van der Waals surface area contributed by atoms with Gasteiger partial charge in [-0.3, -0.25) is 4.79 Å². The number of ether oxygens (including phenoxy) is 1. The van der Waals surface area contributed by atoms with E-state index in [1.165, 1.54) is 13.0 Å². The highest BCUT2D eigenvalue weighted by Crippen LogP contribution is 2.34. The maximum absolute atomic E-state index is 13.7. The predicted molar refractivity (Wildman–Crippen MR) is 91.2 cm³/mol. The van der Waals surface area contributed by atoms with Crippen LogP contribution in [0.4, 0.5) is 9.18 Å². The Morgan fingerprint density at radius 2 is 1.83 bits per heavy atom. The number of likely N-dealkylation sites (tertiary alicyclic amines) is 1. The molecule has 2 rings (SSSR count). The molecule has 4 nitrogen and oxygen atoms in total. The quantitative estimate of drug-likeness (QED) is 0.716. The summed E-state index contributed by atoms with van der Waals surface area (Å²) in [7, 11) is 0. The van der Waals surface area contributed by atoms with Crippen LogP contribution < -0.4 is 0 Å². The number of carbonyl (C=O) groups is 2. The van der Waals surface area contributed by atoms with Crippen molar-refractivity contribution in [1.29, 1.82) is 0 Å². The number of Topliss-reactive ketones (excluding diaryl/α,β-unsaturated/α-hetero) is 1. The minimum atomic E-state index is -0.586. The highest BCUT2D eigenvalue weighted by Gasteiger charge is 2.29. The number of hydrogen-bond donors (Lipinski definition) is 0. The van der Waals surface area contributed by atoms with Gasteiger partial charge in [0.05, 0.1) is 5.02 Å². The minimum absolute atomic E-state index is 0.0181. The molecule has 0 aliphatic carbocycles. The summed E-state index contributed by atoms with van der Waals surface area (Å²) in [6.45, 7) is 7.98. The van der Waals surface area contributed by atoms with E-state index in [1.54, 1.807) is 11.0 Å². The molecule has 24 heavy (non-hydrogen) atoms. The highest BCUT2D eigenvalue weighted by atomic mass is 35.5. The summed E-state index contributed by atoms with van der Waals surface area (Å²) in [5.41, 5.74) is 0.602. The molecule has 6 heteroatoms. The first-order chi connectivity index (χ1) is 11.1. The lowest BCUT2D eigenvalue weighted by atomic mass is 9.85. The Balaban J connectivity index is 2.11. The zero-order valence-corrected chi connectivity index (χ0v) is 15.2. The average Bonchev–Trinajstić information content (AvgIpc) is 2.48. The van der Waals surface area contributed by atoms with Crippen LogP contribution in [-0.2, 0) is 4.74 Å². The van der Waals surface area contributed by atoms with Crippen LogP contribution in [0.15, 0.2) is 12.1 Å². The van der Waals surface area contributed by atoms with Crippen molar-refractivity contribution < 1.29 is 18.7 Å². The minimum Gasteiger partial charge on any atom is -0.444 e. The van der Waals surface area contributed by atoms with Gasteiger partial charge in [-0.2, -0.15) is 0 Å². The number of carbonyl (C=O) groups excluding carboxylic acids is 2. The molecule has 0 unspecified atom stereocenters. The van der Waals surface area contributed by atoms with E-state index in [0.717, 1.165) is 5.56 Å². The number of benzene rings is 1. The predicted octanol–water partition coefficient (Wildman–Crippen LogP) is 4.80. The molecule has 1 saturated heterocycles. The van der Waals surface area contributed by atoms with Crippen molar-refractivity contribution in [3.8, 4) is 0 Å². The zero-order chi connectivity index (χ0) is 18.1. The van der Waals surface area contributed by atoms with E-state index in [9.17, 15) is 14.0 Å². The van der Waals surface area contributed by atoms with Gasteiger partial charge in [0, 0.05) is 18.7 Å². The summed E-state index contributed by atoms with van der Waals surface area (Å²) in [6, 6.07) is 2.75. The molecule has 1 aliphatic heterocycles. The van der Waals surface area contributed by atoms with Crippen LogP contribution in [0.5, 0.6) is 0 Å². The van der Waals surface area contributed by atoms with Gasteiger partial charge in [0.1, 0.15) is 11.4 Å². The van der Waals surface area contributed by atoms with Gasteiger partial charge >= 0.3 is 6.09 Å². The molecule has 0 N–H and O–H groups in total. The van der Waals surface area contributed by atoms with Crippen molar-refractivity contribution in [3.05, 3.63) is 34.1 Å². The summed E-state index contributed by atoms with van der Waals surface area (Å²) in [6.07, 6.45) is 1.04. The van der Waals surface area contributed by atoms with Gasteiger partial charge in [0.25, 0.3) is 0 Å². The zero-order valence-electron chi connectivity index (χ0n) is 14.5. The first-order valence-corrected chi connectivity index (χ1v) is 8.44. The Hall–Kier alpha value is -1.62. The van der Waals surface area contributed by atoms with Crippen molar-refractivity contribution in [2.45, 2.75) is 52.1 Å². The van der Waals surface area contributed by atoms with Crippen LogP contribution in [0.1, 0.15) is 62.4 Å². The van der Waals surface area contributed by atoms with E-state index < -0.39 is 11.4 Å². The van der Waals surface area contributed by atoms with Crippen molar-refractivity contribution in [2.75, 3.05) is 13.1 Å². The molecular formula is C18H23ClFNO3. The van der Waals surface area contributed by atoms with E-state index in [4.69, 9.17) is 16.3 Å². The maximum atomic E-state index is 13.7. The Morgan fingerprint density at radius 3 is 2.33 bits per heavy atom. The van der Waals surface area contributed by atoms with Crippen LogP contribution in [0.3, 0.4) is 0 Å². The lowest BCUT2D eigenvalue weighted by molar-refractivity contribution is 0.0204. The number of rotatable bonds is 2. The molecule has 1 aromatic rings. The number of nitrogens with zero attached hydrogens (tertiary/aromatic N) is 1. The first kappa shape index (κ1) is 18.7. The topological polar surface area (TPSA) is 46.6 Å². The third kappa shape index (κ3) is 4.47. The summed E-state index contributed by atoms with van der Waals surface area (Å²) < 4.78 is 19.0. The second kappa shape index (κ2) is 7.09. The lowest BCUT2D eigenvalue weighted by Crippen LogP contribution is -2.41. The Bertz CT molecular complexity index is 646. The fourth-order valence-electron chi connectivity index (χ4n) is 2.90. The monoisotopic (exact) mass is 355 g/mol. The van der Waals surface area contributed by atoms with Crippen molar-refractivity contribution in [3.63, 3.8) is 0 Å². The summed E-state index contributed by atoms with van der Waals surface area (Å²) in [4.78, 5) is 25.6. The fraction of sp³-hybridized carbons (Fsp3) is 0.556. The molecule has 1 fully saturated rings. The molecule has 0 radical (unpaired) electrons. The number of hydrogen-bond acceptors (Lipinski definition) is 3. The molecule has 0 spiro atoms. The Kier molecular flexibility index (Phi) is 5.53. The van der Waals surface area contributed by atoms with Crippen LogP contribution in [-0.4, -0.2) is 35.5 Å². The van der Waals surface area contributed by atoms with Crippen LogP contribution in [0.25, 0.3) is 0 Å². The van der Waals surface area contributed by atoms with Gasteiger partial charge in [-0.1, -0.05) is 11.6 Å². The maximum Gasteiger partial charge on any atom is 0.410 e. The van der Waals surface area contributed by atoms with E-state index in [0.29, 0.717) is 31.5 Å². The van der Waals surface area contributed by atoms with Gasteiger partial charge in [0.15, 0.2) is 5.78 Å². The van der Waals surface area contributed by atoms with Gasteiger partial charge in [0.2, 0.25) is 0 Å². The molecule has 1 amide bonds. The number of halogens is 2. The lowest BCUT2D eigenvalue weighted by Gasteiger charge is -2.34. The van der Waals surface area contributed by atoms with Crippen molar-refractivity contribution in [2.24, 2.45) is 0 Å². The summed E-state index contributed by atoms with van der Waals surface area (Å²) >= 11 is 5.89. The molecule has 1 heterocycles. The second-order valence-electron chi connectivity index (χ2n) is 7.15. The SMILES string of the molecule is CC(=O)c1cc(F)c(Cl)cc1C1CCN(C(=O)OC(C)(C)C)CC1. The molecule has 0 bridgehead atoms. The fourth-order valence-corrected chi connectivity index (χ4v) is 3.08. The summed E-state index contributed by atoms with van der Waals surface area (Å²) in [5, 5.41) is 0.0181. The van der Waals surface area contributed by atoms with Crippen molar-refractivity contribution >= 4 is 23.5 Å². The van der Waals surface area contributed by atoms with Crippen LogP contribution in [0, 0.1) is 5.82 Å². The largest absolute Gasteiger partial charge is 0.444 e. The van der Waals surface area contributed by atoms with Crippen LogP contribution >= 0.6 is 11.6 Å². The molecule has 132 valence electrons. The third-order valence-electron chi connectivity index (χ3n) is 4.06. The average molecular weight is 356 g/mol. The van der Waals surface area contributed by atoms with Crippen molar-refractivity contribution in [1.82, 2.24) is 4.90 Å². The Morgan fingerprint density at radius 1 is 1.25 bits per heavy atom. The molecule has 0 saturated carbocycles. The van der Waals surface area contributed by atoms with E-state index in [1.807, 2.05) is 20.8 Å². The van der Waals surface area contributed by atoms with Gasteiger partial charge < -0.3 is 9.64 Å². The smallest absolute Gasteiger partial charge is 0.410 e. The van der Waals surface area contributed by atoms with Gasteiger partial charge in [-0.25, -0.2) is 9.18 Å². The number of piperidine rings is 1. The van der Waals surface area contributed by atoms with Gasteiger partial charge in [-0.15, -0.1) is 0 Å². The van der Waals surface area contributed by atoms with Gasteiger partial charge in [-0.05, 0) is 64.2 Å². The van der Waals surface area contributed by atoms with E-state index in [-0.39, 0.29) is 22.8 Å². The second-order valence-corrected chi connectivity index (χ2v) is 7.56. The molecule has 0 aromatic heterocycles. The molecule has 1 aromatic carbocycles. The molecule has 0 atom stereocenters. The first-order valence-electron chi connectivity index (χ1n) is 8.06. The third-order valence-corrected chi connectivity index (χ3v) is 4.35.